The molecule has 0 fully saturated rings. The Morgan fingerprint density at radius 1 is 1.00 bits per heavy atom. The molecule has 2 aromatic carbocycles. The largest absolute Gasteiger partial charge is 0.479 e. The Hall–Kier alpha value is -2.41. The lowest BCUT2D eigenvalue weighted by Gasteiger charge is -2.10. The quantitative estimate of drug-likeness (QED) is 0.391. The molecule has 0 amide bonds. The second kappa shape index (κ2) is 8.31. The molecule has 138 valence electrons. The van der Waals surface area contributed by atoms with Crippen LogP contribution in [0.1, 0.15) is 19.4 Å². The van der Waals surface area contributed by atoms with E-state index in [1.54, 1.807) is 6.07 Å². The van der Waals surface area contributed by atoms with E-state index >= 15 is 0 Å². The zero-order valence-electron chi connectivity index (χ0n) is 14.4. The normalized spacial score (nSPS) is 11.0. The molecular weight excluding hydrogens is 365 g/mol. The molecule has 0 spiro atoms. The van der Waals surface area contributed by atoms with Crippen LogP contribution in [0.15, 0.2) is 57.7 Å². The monoisotopic (exact) mass is 382 g/mol. The highest BCUT2D eigenvalue weighted by Gasteiger charge is 2.31. The van der Waals surface area contributed by atoms with Crippen molar-refractivity contribution in [1.29, 1.82) is 0 Å². The Bertz CT molecular complexity index is 949. The fourth-order valence-corrected chi connectivity index (χ4v) is 2.68. The van der Waals surface area contributed by atoms with Gasteiger partial charge in [0.1, 0.15) is 11.3 Å². The second-order valence-corrected chi connectivity index (χ2v) is 5.86. The molecule has 26 heavy (non-hydrogen) atoms. The van der Waals surface area contributed by atoms with Crippen LogP contribution in [0.2, 0.25) is 0 Å². The van der Waals surface area contributed by atoms with Crippen molar-refractivity contribution in [2.45, 2.75) is 26.3 Å². The van der Waals surface area contributed by atoms with E-state index in [0.717, 1.165) is 11.1 Å². The van der Waals surface area contributed by atoms with Gasteiger partial charge in [-0.15, -0.1) is 0 Å². The molecular formula is C19H17F3O3S. The van der Waals surface area contributed by atoms with Crippen LogP contribution in [0.4, 0.5) is 13.2 Å². The van der Waals surface area contributed by atoms with Crippen LogP contribution in [0.25, 0.3) is 22.1 Å². The third-order valence-corrected chi connectivity index (χ3v) is 3.85. The summed E-state index contributed by atoms with van der Waals surface area (Å²) in [7, 11) is 0. The number of fused-ring (bicyclic) bond motifs is 1. The smallest absolute Gasteiger partial charge is 0.423 e. The first kappa shape index (κ1) is 19.9. The third kappa shape index (κ3) is 4.82. The highest BCUT2D eigenvalue weighted by Crippen LogP contribution is 2.35. The number of hydrogen-bond donors (Lipinski definition) is 0. The highest BCUT2D eigenvalue weighted by molar-refractivity contribution is 7.95. The predicted octanol–water partition coefficient (Wildman–Crippen LogP) is 6.34. The predicted molar refractivity (Wildman–Crippen MR) is 98.3 cm³/mol. The van der Waals surface area contributed by atoms with Gasteiger partial charge in [-0.05, 0) is 30.2 Å². The van der Waals surface area contributed by atoms with Crippen LogP contribution in [0.5, 0.6) is 5.75 Å². The third-order valence-electron chi connectivity index (χ3n) is 3.38. The van der Waals surface area contributed by atoms with E-state index < -0.39 is 23.2 Å². The van der Waals surface area contributed by atoms with Crippen LogP contribution < -0.4 is 9.81 Å². The average Bonchev–Trinajstić information content (AvgIpc) is 2.60. The maximum Gasteiger partial charge on any atom is 0.479 e. The van der Waals surface area contributed by atoms with Gasteiger partial charge in [-0.1, -0.05) is 38.1 Å². The molecule has 0 aliphatic heterocycles. The van der Waals surface area contributed by atoms with Crippen LogP contribution >= 0.6 is 12.0 Å². The SMILES string of the molecule is CC.Cc1ccccc1-c1cc(=O)oc2cc(OSC(F)(F)F)ccc12. The second-order valence-electron chi connectivity index (χ2n) is 5.06. The summed E-state index contributed by atoms with van der Waals surface area (Å²) >= 11 is -0.617. The summed E-state index contributed by atoms with van der Waals surface area (Å²) in [5.74, 6) is -0.0464. The van der Waals surface area contributed by atoms with Gasteiger partial charge in [0.05, 0.1) is 0 Å². The summed E-state index contributed by atoms with van der Waals surface area (Å²) in [5, 5.41) is 0.619. The van der Waals surface area contributed by atoms with Crippen molar-refractivity contribution < 1.29 is 21.8 Å². The van der Waals surface area contributed by atoms with E-state index in [9.17, 15) is 18.0 Å². The zero-order valence-corrected chi connectivity index (χ0v) is 15.2. The molecule has 3 rings (SSSR count). The lowest BCUT2D eigenvalue weighted by molar-refractivity contribution is -0.0369. The van der Waals surface area contributed by atoms with Crippen molar-refractivity contribution >= 4 is 23.0 Å². The first-order chi connectivity index (χ1) is 12.3. The van der Waals surface area contributed by atoms with Gasteiger partial charge in [-0.3, -0.25) is 0 Å². The van der Waals surface area contributed by atoms with Gasteiger partial charge in [0.25, 0.3) is 0 Å². The molecule has 3 aromatic rings. The van der Waals surface area contributed by atoms with E-state index in [-0.39, 0.29) is 11.3 Å². The van der Waals surface area contributed by atoms with E-state index in [2.05, 4.69) is 4.18 Å². The Morgan fingerprint density at radius 3 is 2.35 bits per heavy atom. The van der Waals surface area contributed by atoms with Crippen LogP contribution in [-0.2, 0) is 0 Å². The maximum absolute atomic E-state index is 12.2. The summed E-state index contributed by atoms with van der Waals surface area (Å²) in [6.45, 7) is 5.91. The Morgan fingerprint density at radius 2 is 1.69 bits per heavy atom. The maximum atomic E-state index is 12.2. The van der Waals surface area contributed by atoms with E-state index in [0.29, 0.717) is 10.9 Å². The van der Waals surface area contributed by atoms with E-state index in [1.807, 2.05) is 45.0 Å². The molecule has 3 nitrogen and oxygen atoms in total. The highest BCUT2D eigenvalue weighted by atomic mass is 32.2. The lowest BCUT2D eigenvalue weighted by Crippen LogP contribution is -2.03. The molecule has 0 radical (unpaired) electrons. The van der Waals surface area contributed by atoms with Gasteiger partial charge in [0, 0.05) is 23.1 Å². The standard InChI is InChI=1S/C17H11F3O3S.C2H6/c1-10-4-2-3-5-12(10)14-9-16(21)22-15-8-11(6-7-13(14)15)23-24-17(18,19)20;1-2/h2-9H,1H3;1-2H3. The van der Waals surface area contributed by atoms with E-state index in [4.69, 9.17) is 4.42 Å². The average molecular weight is 382 g/mol. The van der Waals surface area contributed by atoms with Gasteiger partial charge in [-0.25, -0.2) is 4.79 Å². The molecule has 1 aromatic heterocycles. The fraction of sp³-hybridized carbons (Fsp3) is 0.211. The number of aryl methyl sites for hydroxylation is 1. The minimum absolute atomic E-state index is 0.0464. The van der Waals surface area contributed by atoms with Crippen molar-refractivity contribution in [3.63, 3.8) is 0 Å². The zero-order chi connectivity index (χ0) is 19.3. The Kier molecular flexibility index (Phi) is 6.37. The van der Waals surface area contributed by atoms with E-state index in [1.165, 1.54) is 18.2 Å². The first-order valence-electron chi connectivity index (χ1n) is 7.90. The van der Waals surface area contributed by atoms with Crippen molar-refractivity contribution in [2.24, 2.45) is 0 Å². The number of halogens is 3. The van der Waals surface area contributed by atoms with Gasteiger partial charge in [-0.2, -0.15) is 13.2 Å². The van der Waals surface area contributed by atoms with Crippen molar-refractivity contribution in [3.8, 4) is 16.9 Å². The number of rotatable bonds is 3. The van der Waals surface area contributed by atoms with Crippen LogP contribution in [0, 0.1) is 6.92 Å². The molecule has 0 bridgehead atoms. The molecule has 0 aliphatic rings. The molecule has 0 atom stereocenters. The molecule has 0 saturated carbocycles. The summed E-state index contributed by atoms with van der Waals surface area (Å²) in [6.07, 6.45) is 0. The minimum Gasteiger partial charge on any atom is -0.423 e. The summed E-state index contributed by atoms with van der Waals surface area (Å²) < 4.78 is 46.4. The van der Waals surface area contributed by atoms with Gasteiger partial charge in [0.2, 0.25) is 0 Å². The van der Waals surface area contributed by atoms with Gasteiger partial charge in [0.15, 0.2) is 12.0 Å². The fourth-order valence-electron chi connectivity index (χ4n) is 2.39. The summed E-state index contributed by atoms with van der Waals surface area (Å²) in [5.41, 5.74) is -2.44. The van der Waals surface area contributed by atoms with Crippen molar-refractivity contribution in [1.82, 2.24) is 0 Å². The minimum atomic E-state index is -4.52. The number of benzene rings is 2. The molecule has 0 saturated heterocycles. The van der Waals surface area contributed by atoms with Gasteiger partial charge >= 0.3 is 11.1 Å². The molecule has 0 N–H and O–H groups in total. The van der Waals surface area contributed by atoms with Crippen LogP contribution in [0.3, 0.4) is 0 Å². The summed E-state index contributed by atoms with van der Waals surface area (Å²) in [4.78, 5) is 11.8. The topological polar surface area (TPSA) is 39.4 Å². The van der Waals surface area contributed by atoms with Gasteiger partial charge < -0.3 is 8.60 Å². The Balaban J connectivity index is 0.00000117. The molecule has 7 heteroatoms. The lowest BCUT2D eigenvalue weighted by atomic mass is 9.98. The Labute approximate surface area is 153 Å². The van der Waals surface area contributed by atoms with Crippen molar-refractivity contribution in [3.05, 3.63) is 64.5 Å². The summed E-state index contributed by atoms with van der Waals surface area (Å²) in [6, 6.07) is 13.1. The number of alkyl halides is 3. The number of hydrogen-bond acceptors (Lipinski definition) is 4. The molecule has 0 unspecified atom stereocenters. The van der Waals surface area contributed by atoms with Crippen molar-refractivity contribution in [2.75, 3.05) is 0 Å². The molecule has 0 aliphatic carbocycles. The first-order valence-corrected chi connectivity index (χ1v) is 8.64. The molecule has 1 heterocycles. The van der Waals surface area contributed by atoms with Crippen LogP contribution in [-0.4, -0.2) is 5.51 Å².